The SMILES string of the molecule is CC1=C(CCCC(=O)Nc2ccc3[nH]cc(F)c3c2)[C@@H]2CC[C@H]3C(C)(C)[C@@H](O[Si](C(C)C)C(C)(C)C)CC[C@]3(C)[C@H]2CC1. The van der Waals surface area contributed by atoms with Gasteiger partial charge in [0, 0.05) is 29.2 Å². The first-order valence-corrected chi connectivity index (χ1v) is 18.4. The number of hydrogen-bond acceptors (Lipinski definition) is 2. The summed E-state index contributed by atoms with van der Waals surface area (Å²) in [6.07, 6.45) is 11.5. The van der Waals surface area contributed by atoms with Gasteiger partial charge in [-0.3, -0.25) is 4.79 Å². The first-order chi connectivity index (χ1) is 20.1. The number of allylic oxidation sites excluding steroid dienone is 2. The largest absolute Gasteiger partial charge is 0.412 e. The predicted molar refractivity (Wildman–Crippen MR) is 179 cm³/mol. The molecule has 1 radical (unpaired) electrons. The number of rotatable bonds is 8. The van der Waals surface area contributed by atoms with Crippen LogP contribution in [0.3, 0.4) is 0 Å². The Morgan fingerprint density at radius 2 is 1.91 bits per heavy atom. The lowest BCUT2D eigenvalue weighted by Gasteiger charge is -2.63. The van der Waals surface area contributed by atoms with E-state index in [1.54, 1.807) is 17.2 Å². The second-order valence-electron chi connectivity index (χ2n) is 16.2. The summed E-state index contributed by atoms with van der Waals surface area (Å²) in [7, 11) is -0.946. The fourth-order valence-electron chi connectivity index (χ4n) is 9.78. The Balaban J connectivity index is 1.23. The minimum Gasteiger partial charge on any atom is -0.412 e. The molecular formula is C37H56FN2O2Si. The molecule has 237 valence electrons. The number of aromatic nitrogens is 1. The highest BCUT2D eigenvalue weighted by molar-refractivity contribution is 6.56. The molecule has 1 heterocycles. The van der Waals surface area contributed by atoms with Gasteiger partial charge in [-0.25, -0.2) is 4.39 Å². The normalized spacial score (nSPS) is 29.2. The fourth-order valence-corrected chi connectivity index (χ4v) is 12.9. The minimum atomic E-state index is -0.946. The second-order valence-corrected chi connectivity index (χ2v) is 19.8. The van der Waals surface area contributed by atoms with Crippen molar-refractivity contribution in [2.45, 2.75) is 137 Å². The zero-order valence-corrected chi connectivity index (χ0v) is 29.3. The Morgan fingerprint density at radius 1 is 1.16 bits per heavy atom. The van der Waals surface area contributed by atoms with Gasteiger partial charge in [-0.05, 0) is 116 Å². The van der Waals surface area contributed by atoms with Crippen molar-refractivity contribution in [3.8, 4) is 0 Å². The average molecular weight is 608 g/mol. The third-order valence-electron chi connectivity index (χ3n) is 11.7. The Morgan fingerprint density at radius 3 is 2.60 bits per heavy atom. The lowest BCUT2D eigenvalue weighted by molar-refractivity contribution is -0.144. The van der Waals surface area contributed by atoms with Gasteiger partial charge >= 0.3 is 0 Å². The molecule has 2 N–H and O–H groups in total. The molecule has 5 rings (SSSR count). The molecule has 1 aromatic carbocycles. The van der Waals surface area contributed by atoms with E-state index in [0.717, 1.165) is 24.3 Å². The van der Waals surface area contributed by atoms with Crippen LogP contribution in [0, 0.1) is 34.4 Å². The molecule has 0 aliphatic heterocycles. The van der Waals surface area contributed by atoms with Crippen LogP contribution in [-0.4, -0.2) is 26.0 Å². The summed E-state index contributed by atoms with van der Waals surface area (Å²) < 4.78 is 21.2. The van der Waals surface area contributed by atoms with Crippen LogP contribution in [0.15, 0.2) is 35.5 Å². The molecule has 2 saturated carbocycles. The van der Waals surface area contributed by atoms with E-state index in [9.17, 15) is 9.18 Å². The number of aromatic amines is 1. The Hall–Kier alpha value is -1.92. The van der Waals surface area contributed by atoms with Crippen molar-refractivity contribution < 1.29 is 13.6 Å². The molecule has 0 saturated heterocycles. The van der Waals surface area contributed by atoms with Gasteiger partial charge in [0.25, 0.3) is 0 Å². The quantitative estimate of drug-likeness (QED) is 0.232. The van der Waals surface area contributed by atoms with Gasteiger partial charge in [0.1, 0.15) is 5.82 Å². The van der Waals surface area contributed by atoms with E-state index >= 15 is 0 Å². The maximum atomic E-state index is 14.0. The molecule has 1 amide bonds. The zero-order chi connectivity index (χ0) is 31.3. The number of benzene rings is 1. The lowest BCUT2D eigenvalue weighted by Crippen LogP contribution is -2.58. The molecule has 4 nitrogen and oxygen atoms in total. The van der Waals surface area contributed by atoms with Crippen LogP contribution in [0.4, 0.5) is 10.1 Å². The predicted octanol–water partition coefficient (Wildman–Crippen LogP) is 10.6. The number of amides is 1. The van der Waals surface area contributed by atoms with Gasteiger partial charge in [-0.2, -0.15) is 0 Å². The second kappa shape index (κ2) is 12.1. The first kappa shape index (κ1) is 32.5. The lowest BCUT2D eigenvalue weighted by atomic mass is 9.43. The standard InChI is InChI=1S/C37H56FN2O2Si/c1-23(2)43(35(4,5)6)42-33-19-20-37(9)29-16-13-24(3)26(27(29)15-18-32(37)36(33,7)8)11-10-12-34(41)40-25-14-17-31-28(21-25)30(38)22-39-31/h14,17,21-23,27,29,32-33,39H,10-13,15-16,18-20H2,1-9H3,(H,40,41)/t27-,29-,32-,33-,37+/m0/s1. The number of carbonyl (C=O) groups is 1. The molecule has 0 bridgehead atoms. The van der Waals surface area contributed by atoms with Gasteiger partial charge in [-0.1, -0.05) is 66.5 Å². The summed E-state index contributed by atoms with van der Waals surface area (Å²) in [5, 5.41) is 3.74. The highest BCUT2D eigenvalue weighted by atomic mass is 28.3. The minimum absolute atomic E-state index is 0.00853. The molecule has 6 heteroatoms. The average Bonchev–Trinajstić information content (AvgIpc) is 3.28. The van der Waals surface area contributed by atoms with Gasteiger partial charge in [0.05, 0.1) is 6.10 Å². The van der Waals surface area contributed by atoms with Crippen molar-refractivity contribution in [1.29, 1.82) is 0 Å². The Kier molecular flexibility index (Phi) is 9.15. The highest BCUT2D eigenvalue weighted by Crippen LogP contribution is 2.65. The smallest absolute Gasteiger partial charge is 0.224 e. The Bertz CT molecular complexity index is 1350. The van der Waals surface area contributed by atoms with Crippen LogP contribution >= 0.6 is 0 Å². The number of carbonyl (C=O) groups excluding carboxylic acids is 1. The maximum Gasteiger partial charge on any atom is 0.224 e. The van der Waals surface area contributed by atoms with E-state index in [-0.39, 0.29) is 22.2 Å². The van der Waals surface area contributed by atoms with Gasteiger partial charge in [0.15, 0.2) is 0 Å². The van der Waals surface area contributed by atoms with Gasteiger partial charge in [-0.15, -0.1) is 0 Å². The number of halogens is 1. The van der Waals surface area contributed by atoms with E-state index in [1.807, 2.05) is 12.1 Å². The summed E-state index contributed by atoms with van der Waals surface area (Å²) in [6, 6.07) is 5.37. The van der Waals surface area contributed by atoms with Crippen LogP contribution in [0.5, 0.6) is 0 Å². The molecule has 0 spiro atoms. The number of hydrogen-bond donors (Lipinski definition) is 2. The third-order valence-corrected chi connectivity index (χ3v) is 14.8. The molecule has 0 unspecified atom stereocenters. The van der Waals surface area contributed by atoms with Crippen molar-refractivity contribution in [2.75, 3.05) is 5.32 Å². The third kappa shape index (κ3) is 6.29. The molecule has 5 atom stereocenters. The number of nitrogens with one attached hydrogen (secondary N) is 2. The molecule has 2 fully saturated rings. The molecule has 3 aliphatic rings. The summed E-state index contributed by atoms with van der Waals surface area (Å²) in [6.45, 7) is 21.8. The van der Waals surface area contributed by atoms with Crippen LogP contribution in [0.1, 0.15) is 120 Å². The number of fused-ring (bicyclic) bond motifs is 4. The van der Waals surface area contributed by atoms with Crippen molar-refractivity contribution in [3.63, 3.8) is 0 Å². The van der Waals surface area contributed by atoms with E-state index in [4.69, 9.17) is 4.43 Å². The molecule has 1 aromatic heterocycles. The van der Waals surface area contributed by atoms with Crippen molar-refractivity contribution in [1.82, 2.24) is 4.98 Å². The highest BCUT2D eigenvalue weighted by Gasteiger charge is 2.59. The van der Waals surface area contributed by atoms with Crippen LogP contribution in [-0.2, 0) is 9.22 Å². The first-order valence-electron chi connectivity index (χ1n) is 16.9. The van der Waals surface area contributed by atoms with Gasteiger partial charge < -0.3 is 14.7 Å². The van der Waals surface area contributed by atoms with E-state index in [1.165, 1.54) is 44.7 Å². The van der Waals surface area contributed by atoms with Crippen molar-refractivity contribution in [2.24, 2.45) is 28.6 Å². The maximum absolute atomic E-state index is 14.0. The van der Waals surface area contributed by atoms with Crippen molar-refractivity contribution >= 4 is 31.5 Å². The van der Waals surface area contributed by atoms with E-state index in [2.05, 4.69) is 72.6 Å². The molecular weight excluding hydrogens is 552 g/mol. The van der Waals surface area contributed by atoms with E-state index in [0.29, 0.717) is 46.4 Å². The monoisotopic (exact) mass is 607 g/mol. The van der Waals surface area contributed by atoms with Crippen LogP contribution in [0.25, 0.3) is 10.9 Å². The Labute approximate surface area is 261 Å². The zero-order valence-electron chi connectivity index (χ0n) is 28.3. The summed E-state index contributed by atoms with van der Waals surface area (Å²) in [4.78, 5) is 15.8. The molecule has 3 aliphatic carbocycles. The summed E-state index contributed by atoms with van der Waals surface area (Å²) in [5.74, 6) is 1.77. The van der Waals surface area contributed by atoms with E-state index < -0.39 is 9.04 Å². The number of H-pyrrole nitrogens is 1. The topological polar surface area (TPSA) is 54.1 Å². The van der Waals surface area contributed by atoms with Crippen molar-refractivity contribution in [3.05, 3.63) is 41.4 Å². The van der Waals surface area contributed by atoms with Crippen LogP contribution in [0.2, 0.25) is 10.6 Å². The molecule has 2 aromatic rings. The number of anilines is 1. The summed E-state index contributed by atoms with van der Waals surface area (Å²) >= 11 is 0. The summed E-state index contributed by atoms with van der Waals surface area (Å²) in [5.41, 5.74) is 5.73. The fraction of sp³-hybridized carbons (Fsp3) is 0.703. The molecule has 43 heavy (non-hydrogen) atoms. The van der Waals surface area contributed by atoms with Crippen LogP contribution < -0.4 is 5.32 Å². The van der Waals surface area contributed by atoms with Gasteiger partial charge in [0.2, 0.25) is 14.9 Å².